The minimum Gasteiger partial charge on any atom is -0.435 e. The number of halogens is 2. The van der Waals surface area contributed by atoms with E-state index >= 15 is 0 Å². The first-order valence-electron chi connectivity index (χ1n) is 9.88. The summed E-state index contributed by atoms with van der Waals surface area (Å²) in [5, 5.41) is 22.7. The normalized spacial score (nSPS) is 16.6. The third-order valence-electron chi connectivity index (χ3n) is 4.82. The van der Waals surface area contributed by atoms with Crippen molar-refractivity contribution in [3.05, 3.63) is 42.4 Å². The fraction of sp³-hybridized carbons (Fsp3) is 0.368. The number of hydrogen-bond donors (Lipinski definition) is 2. The molecular weight excluding hydrogens is 458 g/mol. The lowest BCUT2D eigenvalue weighted by Crippen LogP contribution is -2.26. The maximum atomic E-state index is 12.7. The molecule has 1 aliphatic rings. The number of alkyl halides is 2. The average molecular weight is 478 g/mol. The van der Waals surface area contributed by atoms with Gasteiger partial charge < -0.3 is 19.7 Å². The van der Waals surface area contributed by atoms with E-state index < -0.39 is 18.6 Å². The number of benzene rings is 1. The molecule has 0 aliphatic carbocycles. The lowest BCUT2D eigenvalue weighted by molar-refractivity contribution is -0.126. The van der Waals surface area contributed by atoms with Crippen molar-refractivity contribution in [3.8, 4) is 5.75 Å². The van der Waals surface area contributed by atoms with E-state index in [0.29, 0.717) is 23.1 Å². The van der Waals surface area contributed by atoms with Gasteiger partial charge in [-0.25, -0.2) is 4.98 Å². The first-order chi connectivity index (χ1) is 16.0. The maximum Gasteiger partial charge on any atom is 0.387 e. The Morgan fingerprint density at radius 1 is 1.27 bits per heavy atom. The first kappa shape index (κ1) is 22.7. The summed E-state index contributed by atoms with van der Waals surface area (Å²) >= 11 is 1.18. The SMILES string of the molecule is CO[C@H](C(=O)Nc1nnc(N[C@@H]2CCN(c3cncnn3)C2)s1)c1cccc(OC(F)F)c1. The Bertz CT molecular complexity index is 1070. The summed E-state index contributed by atoms with van der Waals surface area (Å²) in [6.45, 7) is -1.47. The van der Waals surface area contributed by atoms with Crippen LogP contribution in [0.15, 0.2) is 36.8 Å². The van der Waals surface area contributed by atoms with Crippen LogP contribution in [0.3, 0.4) is 0 Å². The number of nitrogens with one attached hydrogen (secondary N) is 2. The number of nitrogens with zero attached hydrogens (tertiary/aromatic N) is 6. The van der Waals surface area contributed by atoms with Crippen molar-refractivity contribution in [3.63, 3.8) is 0 Å². The van der Waals surface area contributed by atoms with Crippen LogP contribution < -0.4 is 20.3 Å². The van der Waals surface area contributed by atoms with Gasteiger partial charge in [-0.15, -0.1) is 20.4 Å². The highest BCUT2D eigenvalue weighted by atomic mass is 32.1. The summed E-state index contributed by atoms with van der Waals surface area (Å²) < 4.78 is 34.6. The molecule has 14 heteroatoms. The van der Waals surface area contributed by atoms with Crippen molar-refractivity contribution in [2.45, 2.75) is 25.2 Å². The molecule has 2 N–H and O–H groups in total. The predicted molar refractivity (Wildman–Crippen MR) is 115 cm³/mol. The molecule has 33 heavy (non-hydrogen) atoms. The van der Waals surface area contributed by atoms with Crippen LogP contribution in [0, 0.1) is 0 Å². The lowest BCUT2D eigenvalue weighted by atomic mass is 10.1. The van der Waals surface area contributed by atoms with Gasteiger partial charge in [0, 0.05) is 26.2 Å². The molecule has 0 saturated carbocycles. The Morgan fingerprint density at radius 3 is 2.88 bits per heavy atom. The Balaban J connectivity index is 1.34. The highest BCUT2D eigenvalue weighted by Gasteiger charge is 2.26. The van der Waals surface area contributed by atoms with Gasteiger partial charge >= 0.3 is 6.61 Å². The van der Waals surface area contributed by atoms with Gasteiger partial charge in [0.25, 0.3) is 5.91 Å². The topological polar surface area (TPSA) is 127 Å². The Labute approximate surface area is 191 Å². The van der Waals surface area contributed by atoms with Crippen LogP contribution >= 0.6 is 11.3 Å². The van der Waals surface area contributed by atoms with Crippen molar-refractivity contribution >= 4 is 33.3 Å². The Kier molecular flexibility index (Phi) is 7.14. The molecular formula is C19H20F2N8O3S. The summed E-state index contributed by atoms with van der Waals surface area (Å²) in [7, 11) is 1.34. The maximum absolute atomic E-state index is 12.7. The third-order valence-corrected chi connectivity index (χ3v) is 5.59. The van der Waals surface area contributed by atoms with Crippen LogP contribution in [0.5, 0.6) is 5.75 Å². The van der Waals surface area contributed by atoms with Gasteiger partial charge in [0.1, 0.15) is 12.1 Å². The summed E-state index contributed by atoms with van der Waals surface area (Å²) in [4.78, 5) is 18.7. The van der Waals surface area contributed by atoms with Gasteiger partial charge in [-0.05, 0) is 24.1 Å². The number of aromatic nitrogens is 5. The molecule has 1 aliphatic heterocycles. The Morgan fingerprint density at radius 2 is 2.12 bits per heavy atom. The van der Waals surface area contributed by atoms with E-state index in [0.717, 1.165) is 13.0 Å². The third kappa shape index (κ3) is 5.84. The van der Waals surface area contributed by atoms with E-state index in [4.69, 9.17) is 4.74 Å². The van der Waals surface area contributed by atoms with Crippen LogP contribution in [-0.2, 0) is 9.53 Å². The van der Waals surface area contributed by atoms with Crippen molar-refractivity contribution in [2.75, 3.05) is 35.7 Å². The fourth-order valence-corrected chi connectivity index (χ4v) is 4.12. The Hall–Kier alpha value is -3.52. The lowest BCUT2D eigenvalue weighted by Gasteiger charge is -2.16. The number of anilines is 3. The molecule has 11 nitrogen and oxygen atoms in total. The largest absolute Gasteiger partial charge is 0.435 e. The standard InChI is InChI=1S/C19H20F2N8O3S/c1-31-15(11-3-2-4-13(7-11)32-17(20)21)16(30)25-19-28-27-18(33-19)24-12-5-6-29(9-12)14-8-22-10-23-26-14/h2-4,7-8,10,12,15,17H,5-6,9H2,1H3,(H,24,27)(H,25,28,30)/t12-,15+/m1/s1. The molecule has 4 rings (SSSR count). The van der Waals surface area contributed by atoms with Crippen LogP contribution in [0.2, 0.25) is 0 Å². The molecule has 3 aromatic rings. The minimum absolute atomic E-state index is 0.0670. The van der Waals surface area contributed by atoms with Crippen molar-refractivity contribution in [1.29, 1.82) is 0 Å². The molecule has 2 atom stereocenters. The molecule has 0 unspecified atom stereocenters. The van der Waals surface area contributed by atoms with Crippen LogP contribution in [-0.4, -0.2) is 64.1 Å². The van der Waals surface area contributed by atoms with Gasteiger partial charge in [-0.2, -0.15) is 8.78 Å². The second-order valence-corrected chi connectivity index (χ2v) is 7.99. The van der Waals surface area contributed by atoms with Crippen LogP contribution in [0.25, 0.3) is 0 Å². The van der Waals surface area contributed by atoms with Crippen LogP contribution in [0.1, 0.15) is 18.1 Å². The summed E-state index contributed by atoms with van der Waals surface area (Å²) in [6, 6.07) is 5.89. The second kappa shape index (κ2) is 10.4. The number of ether oxygens (including phenoxy) is 2. The summed E-state index contributed by atoms with van der Waals surface area (Å²) in [5.41, 5.74) is 0.362. The summed E-state index contributed by atoms with van der Waals surface area (Å²) in [6.07, 6.45) is 2.86. The fourth-order valence-electron chi connectivity index (χ4n) is 3.40. The molecule has 1 saturated heterocycles. The number of amides is 1. The van der Waals surface area contributed by atoms with Crippen LogP contribution in [0.4, 0.5) is 24.9 Å². The molecule has 3 heterocycles. The molecule has 0 bridgehead atoms. The van der Waals surface area contributed by atoms with Gasteiger partial charge in [0.15, 0.2) is 11.9 Å². The molecule has 2 aromatic heterocycles. The number of hydrogen-bond acceptors (Lipinski definition) is 11. The van der Waals surface area contributed by atoms with E-state index in [9.17, 15) is 13.6 Å². The highest BCUT2D eigenvalue weighted by Crippen LogP contribution is 2.27. The van der Waals surface area contributed by atoms with Gasteiger partial charge in [0.2, 0.25) is 10.3 Å². The number of methoxy groups -OCH3 is 1. The molecule has 0 spiro atoms. The van der Waals surface area contributed by atoms with E-state index in [1.807, 2.05) is 0 Å². The van der Waals surface area contributed by atoms with Crippen molar-refractivity contribution in [2.24, 2.45) is 0 Å². The number of carbonyl (C=O) groups excluding carboxylic acids is 1. The zero-order chi connectivity index (χ0) is 23.2. The zero-order valence-electron chi connectivity index (χ0n) is 17.4. The molecule has 0 radical (unpaired) electrons. The van der Waals surface area contributed by atoms with E-state index in [2.05, 4.69) is 45.6 Å². The predicted octanol–water partition coefficient (Wildman–Crippen LogP) is 2.34. The van der Waals surface area contributed by atoms with Gasteiger partial charge in [-0.3, -0.25) is 10.1 Å². The second-order valence-electron chi connectivity index (χ2n) is 7.01. The van der Waals surface area contributed by atoms with E-state index in [-0.39, 0.29) is 16.9 Å². The monoisotopic (exact) mass is 478 g/mol. The van der Waals surface area contributed by atoms with Crippen molar-refractivity contribution < 1.29 is 23.0 Å². The quantitative estimate of drug-likeness (QED) is 0.473. The summed E-state index contributed by atoms with van der Waals surface area (Å²) in [5.74, 6) is 0.125. The molecule has 1 aromatic carbocycles. The van der Waals surface area contributed by atoms with Crippen molar-refractivity contribution in [1.82, 2.24) is 25.4 Å². The van der Waals surface area contributed by atoms with E-state index in [1.165, 1.54) is 43.0 Å². The smallest absolute Gasteiger partial charge is 0.387 e. The van der Waals surface area contributed by atoms with E-state index in [1.54, 1.807) is 12.3 Å². The zero-order valence-corrected chi connectivity index (χ0v) is 18.2. The highest BCUT2D eigenvalue weighted by molar-refractivity contribution is 7.19. The average Bonchev–Trinajstić information content (AvgIpc) is 3.44. The molecule has 1 amide bonds. The molecule has 1 fully saturated rings. The number of rotatable bonds is 9. The van der Waals surface area contributed by atoms with Gasteiger partial charge in [-0.1, -0.05) is 23.5 Å². The molecule has 174 valence electrons. The number of carbonyl (C=O) groups is 1. The first-order valence-corrected chi connectivity index (χ1v) is 10.7. The minimum atomic E-state index is -2.97. The van der Waals surface area contributed by atoms with Gasteiger partial charge in [0.05, 0.1) is 6.20 Å².